The van der Waals surface area contributed by atoms with Crippen molar-refractivity contribution in [3.63, 3.8) is 0 Å². The number of para-hydroxylation sites is 1. The molecule has 9 heteroatoms. The van der Waals surface area contributed by atoms with Crippen LogP contribution < -0.4 is 20.1 Å². The molecule has 0 saturated carbocycles. The molecule has 30 heavy (non-hydrogen) atoms. The molecule has 0 saturated heterocycles. The molecular formula is C21H20N2O7. The van der Waals surface area contributed by atoms with Crippen LogP contribution in [0.4, 0.5) is 11.4 Å². The number of Topliss-reactive ketones (excluding diaryl/α,β-unsaturated/α-hetero) is 1. The summed E-state index contributed by atoms with van der Waals surface area (Å²) in [5, 5.41) is 5.44. The first kappa shape index (κ1) is 20.7. The van der Waals surface area contributed by atoms with E-state index < -0.39 is 24.3 Å². The first-order chi connectivity index (χ1) is 14.5. The second-order valence-corrected chi connectivity index (χ2v) is 6.10. The normalized spacial score (nSPS) is 12.8. The minimum Gasteiger partial charge on any atom is -0.497 e. The fourth-order valence-corrected chi connectivity index (χ4v) is 2.66. The van der Waals surface area contributed by atoms with E-state index >= 15 is 0 Å². The van der Waals surface area contributed by atoms with Crippen LogP contribution in [0.25, 0.3) is 0 Å². The summed E-state index contributed by atoms with van der Waals surface area (Å²) in [6.07, 6.45) is 0. The molecule has 0 unspecified atom stereocenters. The van der Waals surface area contributed by atoms with Gasteiger partial charge in [-0.05, 0) is 24.3 Å². The molecule has 9 nitrogen and oxygen atoms in total. The molecule has 2 N–H and O–H groups in total. The van der Waals surface area contributed by atoms with E-state index in [1.165, 1.54) is 14.2 Å². The molecule has 0 bridgehead atoms. The number of rotatable bonds is 8. The van der Waals surface area contributed by atoms with Gasteiger partial charge in [0.25, 0.3) is 5.91 Å². The Hall–Kier alpha value is -4.01. The van der Waals surface area contributed by atoms with Gasteiger partial charge in [0.1, 0.15) is 11.5 Å². The summed E-state index contributed by atoms with van der Waals surface area (Å²) in [7, 11) is 2.96. The highest BCUT2D eigenvalue weighted by Crippen LogP contribution is 2.29. The third-order valence-corrected chi connectivity index (χ3v) is 4.11. The maximum Gasteiger partial charge on any atom is 0.347 e. The summed E-state index contributed by atoms with van der Waals surface area (Å²) in [6.45, 7) is -0.877. The zero-order valence-electron chi connectivity index (χ0n) is 16.4. The topological polar surface area (TPSA) is 112 Å². The molecule has 0 fully saturated rings. The lowest BCUT2D eigenvalue weighted by atomic mass is 10.2. The van der Waals surface area contributed by atoms with Gasteiger partial charge < -0.3 is 29.6 Å². The van der Waals surface area contributed by atoms with Gasteiger partial charge in [0.15, 0.2) is 18.8 Å². The molecule has 3 rings (SSSR count). The molecule has 1 heterocycles. The zero-order valence-corrected chi connectivity index (χ0v) is 16.4. The van der Waals surface area contributed by atoms with Crippen LogP contribution in [0.15, 0.2) is 60.0 Å². The van der Waals surface area contributed by atoms with Crippen molar-refractivity contribution in [3.8, 4) is 11.5 Å². The van der Waals surface area contributed by atoms with Crippen LogP contribution in [-0.4, -0.2) is 45.1 Å². The van der Waals surface area contributed by atoms with E-state index in [2.05, 4.69) is 10.6 Å². The average Bonchev–Trinajstić information content (AvgIpc) is 3.13. The monoisotopic (exact) mass is 412 g/mol. The minimum absolute atomic E-state index is 0.00608. The molecule has 156 valence electrons. The molecule has 1 aliphatic rings. The Morgan fingerprint density at radius 2 is 1.83 bits per heavy atom. The van der Waals surface area contributed by atoms with Crippen LogP contribution in [-0.2, 0) is 23.9 Å². The van der Waals surface area contributed by atoms with Crippen LogP contribution in [0.1, 0.15) is 0 Å². The molecule has 0 aliphatic carbocycles. The number of ether oxygens (including phenoxy) is 4. The highest BCUT2D eigenvalue weighted by atomic mass is 16.5. The van der Waals surface area contributed by atoms with Gasteiger partial charge in [-0.2, -0.15) is 0 Å². The number of carbonyl (C=O) groups is 3. The van der Waals surface area contributed by atoms with E-state index in [1.54, 1.807) is 42.5 Å². The fraction of sp³-hybridized carbons (Fsp3) is 0.190. The summed E-state index contributed by atoms with van der Waals surface area (Å²) in [5.41, 5.74) is 0.746. The van der Waals surface area contributed by atoms with Crippen molar-refractivity contribution < 1.29 is 33.3 Å². The first-order valence-electron chi connectivity index (χ1n) is 8.93. The third kappa shape index (κ3) is 4.88. The van der Waals surface area contributed by atoms with Crippen molar-refractivity contribution in [1.29, 1.82) is 0 Å². The summed E-state index contributed by atoms with van der Waals surface area (Å²) < 4.78 is 20.5. The predicted octanol–water partition coefficient (Wildman–Crippen LogP) is 2.11. The van der Waals surface area contributed by atoms with Gasteiger partial charge in [0.05, 0.1) is 19.9 Å². The fourth-order valence-electron chi connectivity index (χ4n) is 2.66. The van der Waals surface area contributed by atoms with Crippen molar-refractivity contribution in [2.24, 2.45) is 0 Å². The Kier molecular flexibility index (Phi) is 6.53. The minimum atomic E-state index is -0.951. The highest BCUT2D eigenvalue weighted by Gasteiger charge is 2.32. The largest absolute Gasteiger partial charge is 0.497 e. The van der Waals surface area contributed by atoms with Crippen molar-refractivity contribution in [1.82, 2.24) is 0 Å². The second-order valence-electron chi connectivity index (χ2n) is 6.10. The van der Waals surface area contributed by atoms with E-state index in [9.17, 15) is 14.4 Å². The van der Waals surface area contributed by atoms with Crippen LogP contribution >= 0.6 is 0 Å². The standard InChI is InChI=1S/C21H20N2O7/c1-27-14-8-9-15(17(10-14)28-2)23-18(25)12-30-21(26)19-16(24)11-29-20(19)22-13-6-4-3-5-7-13/h3-10,22H,11-12H2,1-2H3,(H,23,25). The number of benzene rings is 2. The number of carbonyl (C=O) groups excluding carboxylic acids is 3. The summed E-state index contributed by atoms with van der Waals surface area (Å²) in [4.78, 5) is 36.6. The Morgan fingerprint density at radius 1 is 1.07 bits per heavy atom. The van der Waals surface area contributed by atoms with Crippen molar-refractivity contribution in [3.05, 3.63) is 60.0 Å². The highest BCUT2D eigenvalue weighted by molar-refractivity contribution is 6.20. The average molecular weight is 412 g/mol. The van der Waals surface area contributed by atoms with Gasteiger partial charge in [-0.15, -0.1) is 0 Å². The molecule has 0 spiro atoms. The molecule has 1 aliphatic heterocycles. The SMILES string of the molecule is COc1ccc(NC(=O)COC(=O)C2=C(Nc3ccccc3)OCC2=O)c(OC)c1. The number of anilines is 2. The lowest BCUT2D eigenvalue weighted by Gasteiger charge is -2.12. The van der Waals surface area contributed by atoms with Crippen molar-refractivity contribution in [2.75, 3.05) is 38.1 Å². The molecule has 0 aromatic heterocycles. The summed E-state index contributed by atoms with van der Waals surface area (Å²) >= 11 is 0. The number of methoxy groups -OCH3 is 2. The molecule has 2 aromatic rings. The molecule has 1 amide bonds. The lowest BCUT2D eigenvalue weighted by Crippen LogP contribution is -2.24. The van der Waals surface area contributed by atoms with Crippen LogP contribution in [0.2, 0.25) is 0 Å². The molecule has 0 atom stereocenters. The first-order valence-corrected chi connectivity index (χ1v) is 8.93. The maximum atomic E-state index is 12.4. The second kappa shape index (κ2) is 9.46. The van der Waals surface area contributed by atoms with Crippen molar-refractivity contribution in [2.45, 2.75) is 0 Å². The van der Waals surface area contributed by atoms with Gasteiger partial charge in [-0.1, -0.05) is 18.2 Å². The Bertz CT molecular complexity index is 986. The molecular weight excluding hydrogens is 392 g/mol. The lowest BCUT2D eigenvalue weighted by molar-refractivity contribution is -0.144. The van der Waals surface area contributed by atoms with Gasteiger partial charge >= 0.3 is 5.97 Å². The smallest absolute Gasteiger partial charge is 0.347 e. The zero-order chi connectivity index (χ0) is 21.5. The van der Waals surface area contributed by atoms with E-state index in [1.807, 2.05) is 6.07 Å². The van der Waals surface area contributed by atoms with Crippen LogP contribution in [0, 0.1) is 0 Å². The Balaban J connectivity index is 1.63. The van der Waals surface area contributed by atoms with E-state index in [-0.39, 0.29) is 18.1 Å². The number of nitrogens with one attached hydrogen (secondary N) is 2. The molecule has 0 radical (unpaired) electrons. The van der Waals surface area contributed by atoms with E-state index in [0.717, 1.165) is 0 Å². The summed E-state index contributed by atoms with van der Waals surface area (Å²) in [6, 6.07) is 13.7. The number of esters is 1. The van der Waals surface area contributed by atoms with Gasteiger partial charge in [0, 0.05) is 11.8 Å². The van der Waals surface area contributed by atoms with Gasteiger partial charge in [-0.3, -0.25) is 9.59 Å². The van der Waals surface area contributed by atoms with Gasteiger partial charge in [0.2, 0.25) is 11.7 Å². The molecule has 2 aromatic carbocycles. The Morgan fingerprint density at radius 3 is 2.53 bits per heavy atom. The number of ketones is 1. The van der Waals surface area contributed by atoms with Crippen LogP contribution in [0.5, 0.6) is 11.5 Å². The third-order valence-electron chi connectivity index (χ3n) is 4.11. The summed E-state index contributed by atoms with van der Waals surface area (Å²) in [5.74, 6) is -1.15. The number of amides is 1. The van der Waals surface area contributed by atoms with Gasteiger partial charge in [-0.25, -0.2) is 4.79 Å². The van der Waals surface area contributed by atoms with E-state index in [4.69, 9.17) is 18.9 Å². The number of hydrogen-bond acceptors (Lipinski definition) is 8. The maximum absolute atomic E-state index is 12.4. The Labute approximate surface area is 172 Å². The number of hydrogen-bond donors (Lipinski definition) is 2. The van der Waals surface area contributed by atoms with Crippen LogP contribution in [0.3, 0.4) is 0 Å². The van der Waals surface area contributed by atoms with Crippen molar-refractivity contribution >= 4 is 29.0 Å². The van der Waals surface area contributed by atoms with E-state index in [0.29, 0.717) is 22.9 Å². The quantitative estimate of drug-likeness (QED) is 0.501. The predicted molar refractivity (Wildman–Crippen MR) is 107 cm³/mol.